The molecule has 0 aliphatic heterocycles. The number of rotatable bonds is 4. The molecule has 0 saturated heterocycles. The van der Waals surface area contributed by atoms with Gasteiger partial charge in [0.25, 0.3) is 0 Å². The quantitative estimate of drug-likeness (QED) is 0.491. The summed E-state index contributed by atoms with van der Waals surface area (Å²) >= 11 is 0. The van der Waals surface area contributed by atoms with Crippen LogP contribution in [0.3, 0.4) is 0 Å². The van der Waals surface area contributed by atoms with Crippen LogP contribution in [0.4, 0.5) is 0 Å². The molecule has 0 aliphatic carbocycles. The van der Waals surface area contributed by atoms with Gasteiger partial charge < -0.3 is 11.5 Å². The van der Waals surface area contributed by atoms with E-state index in [1.807, 2.05) is 6.20 Å². The summed E-state index contributed by atoms with van der Waals surface area (Å²) in [6.45, 7) is 15.8. The minimum atomic E-state index is -0.0875. The van der Waals surface area contributed by atoms with Crippen molar-refractivity contribution in [1.29, 1.82) is 0 Å². The first-order chi connectivity index (χ1) is 12.4. The standard InChI is InChI=1S/C20H31N7/c1-13(23-25-18(21)22)17-12-27(26-24-17)11-14-8-15(19(2,3)4)10-16(9-14)20(5,6)7/h8-10,12H,11H2,1-7H3,(H4,21,22,25)/b23-13+. The third-order valence-electron chi connectivity index (χ3n) is 4.29. The second kappa shape index (κ2) is 7.50. The number of benzene rings is 1. The molecule has 0 saturated carbocycles. The zero-order valence-corrected chi connectivity index (χ0v) is 17.4. The summed E-state index contributed by atoms with van der Waals surface area (Å²) in [6.07, 6.45) is 1.85. The van der Waals surface area contributed by atoms with Gasteiger partial charge in [-0.05, 0) is 34.4 Å². The Morgan fingerprint density at radius 1 is 0.963 bits per heavy atom. The van der Waals surface area contributed by atoms with E-state index in [0.29, 0.717) is 18.0 Å². The molecule has 0 fully saturated rings. The van der Waals surface area contributed by atoms with Crippen LogP contribution in [0.25, 0.3) is 0 Å². The molecule has 2 aromatic rings. The zero-order valence-electron chi connectivity index (χ0n) is 17.4. The average molecular weight is 370 g/mol. The van der Waals surface area contributed by atoms with Gasteiger partial charge in [-0.3, -0.25) is 0 Å². The first-order valence-electron chi connectivity index (χ1n) is 9.05. The fourth-order valence-corrected chi connectivity index (χ4v) is 2.56. The predicted molar refractivity (Wildman–Crippen MR) is 111 cm³/mol. The van der Waals surface area contributed by atoms with E-state index >= 15 is 0 Å². The Hall–Kier alpha value is -2.70. The molecule has 1 aromatic heterocycles. The Labute approximate surface area is 161 Å². The molecule has 0 radical (unpaired) electrons. The first kappa shape index (κ1) is 20.6. The number of nitrogens with zero attached hydrogens (tertiary/aromatic N) is 5. The molecule has 0 unspecified atom stereocenters. The second-order valence-corrected chi connectivity index (χ2v) is 8.93. The van der Waals surface area contributed by atoms with Gasteiger partial charge in [-0.2, -0.15) is 0 Å². The maximum atomic E-state index is 5.30. The van der Waals surface area contributed by atoms with Crippen molar-refractivity contribution in [2.75, 3.05) is 0 Å². The van der Waals surface area contributed by atoms with E-state index in [4.69, 9.17) is 11.5 Å². The smallest absolute Gasteiger partial charge is 0.211 e. The van der Waals surface area contributed by atoms with Crippen LogP contribution in [0.1, 0.15) is 70.9 Å². The monoisotopic (exact) mass is 369 g/mol. The highest BCUT2D eigenvalue weighted by Gasteiger charge is 2.20. The van der Waals surface area contributed by atoms with Gasteiger partial charge in [0.15, 0.2) is 0 Å². The van der Waals surface area contributed by atoms with Crippen LogP contribution in [0.5, 0.6) is 0 Å². The Bertz CT molecular complexity index is 825. The summed E-state index contributed by atoms with van der Waals surface area (Å²) in [5, 5.41) is 16.0. The Balaban J connectivity index is 2.35. The molecule has 27 heavy (non-hydrogen) atoms. The molecule has 0 aliphatic rings. The molecule has 0 amide bonds. The third-order valence-corrected chi connectivity index (χ3v) is 4.29. The summed E-state index contributed by atoms with van der Waals surface area (Å²) in [4.78, 5) is 0. The normalized spacial score (nSPS) is 12.9. The Morgan fingerprint density at radius 3 is 2.00 bits per heavy atom. The molecule has 1 heterocycles. The summed E-state index contributed by atoms with van der Waals surface area (Å²) in [5.41, 5.74) is 15.8. The summed E-state index contributed by atoms with van der Waals surface area (Å²) in [6, 6.07) is 6.80. The highest BCUT2D eigenvalue weighted by molar-refractivity contribution is 5.96. The van der Waals surface area contributed by atoms with Crippen molar-refractivity contribution in [2.45, 2.75) is 65.8 Å². The molecule has 4 N–H and O–H groups in total. The van der Waals surface area contributed by atoms with Crippen molar-refractivity contribution in [1.82, 2.24) is 15.0 Å². The predicted octanol–water partition coefficient (Wildman–Crippen LogP) is 2.92. The van der Waals surface area contributed by atoms with E-state index in [1.165, 1.54) is 16.7 Å². The molecule has 1 aromatic carbocycles. The van der Waals surface area contributed by atoms with Crippen LogP contribution in [0.2, 0.25) is 0 Å². The fraction of sp³-hybridized carbons (Fsp3) is 0.500. The van der Waals surface area contributed by atoms with E-state index in [9.17, 15) is 0 Å². The van der Waals surface area contributed by atoms with Crippen molar-refractivity contribution in [2.24, 2.45) is 21.7 Å². The van der Waals surface area contributed by atoms with Crippen LogP contribution in [0.15, 0.2) is 34.6 Å². The number of hydrogen-bond donors (Lipinski definition) is 2. The highest BCUT2D eigenvalue weighted by atomic mass is 15.4. The largest absolute Gasteiger partial charge is 0.369 e. The van der Waals surface area contributed by atoms with Gasteiger partial charge in [0.05, 0.1) is 18.5 Å². The lowest BCUT2D eigenvalue weighted by Crippen LogP contribution is -2.22. The van der Waals surface area contributed by atoms with Gasteiger partial charge in [0.1, 0.15) is 5.69 Å². The van der Waals surface area contributed by atoms with Gasteiger partial charge >= 0.3 is 0 Å². The van der Waals surface area contributed by atoms with Gasteiger partial charge in [-0.25, -0.2) is 4.68 Å². The van der Waals surface area contributed by atoms with Crippen molar-refractivity contribution in [3.8, 4) is 0 Å². The van der Waals surface area contributed by atoms with Crippen LogP contribution in [0, 0.1) is 0 Å². The molecule has 146 valence electrons. The maximum absolute atomic E-state index is 5.30. The van der Waals surface area contributed by atoms with Crippen LogP contribution in [-0.2, 0) is 17.4 Å². The van der Waals surface area contributed by atoms with Gasteiger partial charge in [0, 0.05) is 0 Å². The van der Waals surface area contributed by atoms with Crippen molar-refractivity contribution in [3.05, 3.63) is 46.8 Å². The van der Waals surface area contributed by atoms with Crippen molar-refractivity contribution >= 4 is 11.7 Å². The lowest BCUT2D eigenvalue weighted by molar-refractivity contribution is 0.563. The molecule has 0 spiro atoms. The molecular weight excluding hydrogens is 338 g/mol. The minimum Gasteiger partial charge on any atom is -0.369 e. The van der Waals surface area contributed by atoms with Gasteiger partial charge in [0.2, 0.25) is 5.96 Å². The third kappa shape index (κ3) is 5.64. The average Bonchev–Trinajstić information content (AvgIpc) is 2.99. The minimum absolute atomic E-state index is 0.0763. The lowest BCUT2D eigenvalue weighted by Gasteiger charge is -2.26. The first-order valence-corrected chi connectivity index (χ1v) is 9.05. The van der Waals surface area contributed by atoms with Crippen molar-refractivity contribution in [3.63, 3.8) is 0 Å². The van der Waals surface area contributed by atoms with E-state index in [2.05, 4.69) is 80.3 Å². The Kier molecular flexibility index (Phi) is 5.73. The molecule has 2 rings (SSSR count). The lowest BCUT2D eigenvalue weighted by atomic mass is 9.79. The fourth-order valence-electron chi connectivity index (χ4n) is 2.56. The molecule has 0 atom stereocenters. The molecule has 7 nitrogen and oxygen atoms in total. The van der Waals surface area contributed by atoms with Crippen molar-refractivity contribution < 1.29 is 0 Å². The zero-order chi connectivity index (χ0) is 20.4. The summed E-state index contributed by atoms with van der Waals surface area (Å²) in [7, 11) is 0. The topological polar surface area (TPSA) is 107 Å². The van der Waals surface area contributed by atoms with E-state index in [0.717, 1.165) is 0 Å². The van der Waals surface area contributed by atoms with E-state index < -0.39 is 0 Å². The number of hydrogen-bond acceptors (Lipinski definition) is 4. The van der Waals surface area contributed by atoms with Gasteiger partial charge in [-0.1, -0.05) is 65.0 Å². The molecular formula is C20H31N7. The number of nitrogens with two attached hydrogens (primary N) is 2. The molecule has 0 bridgehead atoms. The second-order valence-electron chi connectivity index (χ2n) is 8.93. The van der Waals surface area contributed by atoms with E-state index in [-0.39, 0.29) is 16.8 Å². The number of aromatic nitrogens is 3. The van der Waals surface area contributed by atoms with E-state index in [1.54, 1.807) is 11.6 Å². The number of guanidine groups is 1. The molecule has 7 heteroatoms. The van der Waals surface area contributed by atoms with Crippen LogP contribution >= 0.6 is 0 Å². The summed E-state index contributed by atoms with van der Waals surface area (Å²) in [5.74, 6) is -0.0875. The Morgan fingerprint density at radius 2 is 1.52 bits per heavy atom. The van der Waals surface area contributed by atoms with Crippen LogP contribution in [-0.4, -0.2) is 26.7 Å². The van der Waals surface area contributed by atoms with Gasteiger partial charge in [-0.15, -0.1) is 15.3 Å². The summed E-state index contributed by atoms with van der Waals surface area (Å²) < 4.78 is 1.80. The highest BCUT2D eigenvalue weighted by Crippen LogP contribution is 2.30. The van der Waals surface area contributed by atoms with Crippen LogP contribution < -0.4 is 11.5 Å². The maximum Gasteiger partial charge on any atom is 0.211 e. The SMILES string of the molecule is C/C(=N\N=C(N)N)c1cn(Cc2cc(C(C)(C)C)cc(C(C)(C)C)c2)nn1.